The number of carbonyl (C=O) groups is 5. The van der Waals surface area contributed by atoms with Crippen LogP contribution in [0.2, 0.25) is 0 Å². The molecule has 2 N–H and O–H groups in total. The van der Waals surface area contributed by atoms with E-state index in [4.69, 9.17) is 0 Å². The fourth-order valence-corrected chi connectivity index (χ4v) is 3.97. The van der Waals surface area contributed by atoms with Gasteiger partial charge in [0.1, 0.15) is 6.04 Å². The van der Waals surface area contributed by atoms with Crippen molar-refractivity contribution in [3.05, 3.63) is 64.7 Å². The third-order valence-corrected chi connectivity index (χ3v) is 5.67. The molecule has 176 valence electrons. The lowest BCUT2D eigenvalue weighted by Crippen LogP contribution is -2.42. The van der Waals surface area contributed by atoms with Crippen LogP contribution in [0.5, 0.6) is 0 Å². The summed E-state index contributed by atoms with van der Waals surface area (Å²) < 4.78 is 9.36. The number of ether oxygens (including phenoxy) is 2. The highest BCUT2D eigenvalue weighted by molar-refractivity contribution is 6.06. The minimum absolute atomic E-state index is 0.0160. The summed E-state index contributed by atoms with van der Waals surface area (Å²) in [6.45, 7) is -0.375. The molecule has 10 nitrogen and oxygen atoms in total. The number of nitrogens with zero attached hydrogens (tertiary/aromatic N) is 1. The molecule has 0 bridgehead atoms. The molecule has 0 saturated heterocycles. The van der Waals surface area contributed by atoms with Crippen molar-refractivity contribution >= 4 is 35.3 Å². The molecular weight excluding hydrogens is 442 g/mol. The first-order valence-corrected chi connectivity index (χ1v) is 10.6. The number of amides is 3. The average Bonchev–Trinajstić information content (AvgIpc) is 3.64. The molecular formula is C24H23N3O7. The van der Waals surface area contributed by atoms with Crippen LogP contribution < -0.4 is 10.6 Å². The molecule has 1 fully saturated rings. The fourth-order valence-electron chi connectivity index (χ4n) is 3.97. The van der Waals surface area contributed by atoms with E-state index in [9.17, 15) is 24.0 Å². The lowest BCUT2D eigenvalue weighted by atomic mass is 10.0. The standard InChI is InChI=1S/C24H23N3O7/c1-33-23(31)13-9-14(24(32)34-2)11-15(10-13)26-19(28)12-25-21(29)20-17-5-3-4-6-18(17)22(30)27(20)16-7-8-16/h3-6,9-11,16,20H,7-8,12H2,1-2H3,(H,25,29)(H,26,28). The predicted molar refractivity (Wildman–Crippen MR) is 119 cm³/mol. The Morgan fingerprint density at radius 1 is 0.971 bits per heavy atom. The van der Waals surface area contributed by atoms with E-state index in [1.165, 1.54) is 32.4 Å². The smallest absolute Gasteiger partial charge is 0.337 e. The van der Waals surface area contributed by atoms with Crippen LogP contribution in [-0.4, -0.2) is 61.4 Å². The SMILES string of the molecule is COC(=O)c1cc(NC(=O)CNC(=O)C2c3ccccc3C(=O)N2C2CC2)cc(C(=O)OC)c1. The maximum absolute atomic E-state index is 13.0. The van der Waals surface area contributed by atoms with Crippen molar-refractivity contribution < 1.29 is 33.4 Å². The van der Waals surface area contributed by atoms with Crippen LogP contribution in [0.4, 0.5) is 5.69 Å². The Labute approximate surface area is 195 Å². The molecule has 1 atom stereocenters. The highest BCUT2D eigenvalue weighted by Gasteiger charge is 2.47. The van der Waals surface area contributed by atoms with Crippen molar-refractivity contribution in [2.45, 2.75) is 24.9 Å². The van der Waals surface area contributed by atoms with E-state index >= 15 is 0 Å². The second-order valence-corrected chi connectivity index (χ2v) is 7.98. The lowest BCUT2D eigenvalue weighted by Gasteiger charge is -2.24. The molecule has 0 radical (unpaired) electrons. The van der Waals surface area contributed by atoms with Crippen LogP contribution >= 0.6 is 0 Å². The van der Waals surface area contributed by atoms with Gasteiger partial charge in [0.25, 0.3) is 5.91 Å². The molecule has 10 heteroatoms. The summed E-state index contributed by atoms with van der Waals surface area (Å²) in [6, 6.07) is 10.2. The van der Waals surface area contributed by atoms with Gasteiger partial charge >= 0.3 is 11.9 Å². The Kier molecular flexibility index (Phi) is 6.31. The van der Waals surface area contributed by atoms with Crippen molar-refractivity contribution in [2.24, 2.45) is 0 Å². The van der Waals surface area contributed by atoms with E-state index in [0.29, 0.717) is 11.1 Å². The number of hydrogen-bond donors (Lipinski definition) is 2. The predicted octanol–water partition coefficient (Wildman–Crippen LogP) is 1.67. The quantitative estimate of drug-likeness (QED) is 0.595. The third kappa shape index (κ3) is 4.47. The van der Waals surface area contributed by atoms with E-state index in [2.05, 4.69) is 20.1 Å². The van der Waals surface area contributed by atoms with Crippen LogP contribution in [0.1, 0.15) is 55.5 Å². The first kappa shape index (κ1) is 23.0. The molecule has 0 aromatic heterocycles. The Morgan fingerprint density at radius 3 is 2.18 bits per heavy atom. The van der Waals surface area contributed by atoms with Gasteiger partial charge in [-0.2, -0.15) is 0 Å². The van der Waals surface area contributed by atoms with Gasteiger partial charge in [-0.15, -0.1) is 0 Å². The first-order valence-electron chi connectivity index (χ1n) is 10.6. The van der Waals surface area contributed by atoms with Gasteiger partial charge in [-0.05, 0) is 42.7 Å². The van der Waals surface area contributed by atoms with Crippen LogP contribution in [0.3, 0.4) is 0 Å². The zero-order chi connectivity index (χ0) is 24.4. The van der Waals surface area contributed by atoms with E-state index in [0.717, 1.165) is 12.8 Å². The first-order chi connectivity index (χ1) is 16.3. The van der Waals surface area contributed by atoms with Crippen LogP contribution in [0.15, 0.2) is 42.5 Å². The Bertz CT molecular complexity index is 1150. The zero-order valence-electron chi connectivity index (χ0n) is 18.6. The second-order valence-electron chi connectivity index (χ2n) is 7.98. The number of anilines is 1. The van der Waals surface area contributed by atoms with E-state index in [1.807, 2.05) is 0 Å². The molecule has 2 aromatic carbocycles. The monoisotopic (exact) mass is 465 g/mol. The Morgan fingerprint density at radius 2 is 1.59 bits per heavy atom. The van der Waals surface area contributed by atoms with Crippen molar-refractivity contribution in [1.82, 2.24) is 10.2 Å². The number of rotatable bonds is 7. The maximum Gasteiger partial charge on any atom is 0.337 e. The van der Waals surface area contributed by atoms with Crippen LogP contribution in [0, 0.1) is 0 Å². The van der Waals surface area contributed by atoms with Crippen LogP contribution in [-0.2, 0) is 19.1 Å². The molecule has 4 rings (SSSR count). The molecule has 3 amide bonds. The number of fused-ring (bicyclic) bond motifs is 1. The number of methoxy groups -OCH3 is 2. The normalized spacial score (nSPS) is 16.5. The molecule has 2 aliphatic rings. The number of benzene rings is 2. The van der Waals surface area contributed by atoms with Crippen LogP contribution in [0.25, 0.3) is 0 Å². The summed E-state index contributed by atoms with van der Waals surface area (Å²) in [4.78, 5) is 63.7. The summed E-state index contributed by atoms with van der Waals surface area (Å²) in [7, 11) is 2.38. The van der Waals surface area contributed by atoms with Gasteiger partial charge in [0.15, 0.2) is 0 Å². The van der Waals surface area contributed by atoms with E-state index in [-0.39, 0.29) is 35.3 Å². The third-order valence-electron chi connectivity index (χ3n) is 5.67. The highest BCUT2D eigenvalue weighted by Crippen LogP contribution is 2.41. The van der Waals surface area contributed by atoms with Gasteiger partial charge in [-0.3, -0.25) is 14.4 Å². The van der Waals surface area contributed by atoms with Crippen molar-refractivity contribution in [3.63, 3.8) is 0 Å². The number of nitrogens with one attached hydrogen (secondary N) is 2. The average molecular weight is 465 g/mol. The summed E-state index contributed by atoms with van der Waals surface area (Å²) in [5, 5.41) is 5.14. The number of carbonyl (C=O) groups excluding carboxylic acids is 5. The zero-order valence-corrected chi connectivity index (χ0v) is 18.6. The van der Waals surface area contributed by atoms with Crippen molar-refractivity contribution in [3.8, 4) is 0 Å². The second kappa shape index (κ2) is 9.34. The molecule has 0 spiro atoms. The summed E-state index contributed by atoms with van der Waals surface area (Å²) >= 11 is 0. The molecule has 1 unspecified atom stereocenters. The van der Waals surface area contributed by atoms with Gasteiger partial charge in [-0.25, -0.2) is 9.59 Å². The van der Waals surface area contributed by atoms with Gasteiger partial charge in [0.05, 0.1) is 31.9 Å². The summed E-state index contributed by atoms with van der Waals surface area (Å²) in [6.07, 6.45) is 1.67. The molecule has 34 heavy (non-hydrogen) atoms. The fraction of sp³-hybridized carbons (Fsp3) is 0.292. The molecule has 2 aromatic rings. The largest absolute Gasteiger partial charge is 0.465 e. The topological polar surface area (TPSA) is 131 Å². The van der Waals surface area contributed by atoms with Crippen molar-refractivity contribution in [2.75, 3.05) is 26.1 Å². The highest BCUT2D eigenvalue weighted by atomic mass is 16.5. The summed E-state index contributed by atoms with van der Waals surface area (Å²) in [5.74, 6) is -2.61. The minimum atomic E-state index is -0.794. The minimum Gasteiger partial charge on any atom is -0.465 e. The van der Waals surface area contributed by atoms with E-state index in [1.54, 1.807) is 29.2 Å². The molecule has 1 saturated carbocycles. The molecule has 1 aliphatic heterocycles. The van der Waals surface area contributed by atoms with Gasteiger partial charge in [0, 0.05) is 17.3 Å². The Balaban J connectivity index is 1.46. The number of esters is 2. The Hall–Kier alpha value is -4.21. The molecule has 1 heterocycles. The number of hydrogen-bond acceptors (Lipinski definition) is 7. The van der Waals surface area contributed by atoms with Crippen molar-refractivity contribution in [1.29, 1.82) is 0 Å². The van der Waals surface area contributed by atoms with Gasteiger partial charge in [-0.1, -0.05) is 18.2 Å². The summed E-state index contributed by atoms with van der Waals surface area (Å²) in [5.41, 5.74) is 1.36. The van der Waals surface area contributed by atoms with Gasteiger partial charge < -0.3 is 25.0 Å². The van der Waals surface area contributed by atoms with Gasteiger partial charge in [0.2, 0.25) is 11.8 Å². The molecule has 1 aliphatic carbocycles. The maximum atomic E-state index is 13.0. The van der Waals surface area contributed by atoms with E-state index < -0.39 is 29.8 Å². The lowest BCUT2D eigenvalue weighted by molar-refractivity contribution is -0.127.